The van der Waals surface area contributed by atoms with Gasteiger partial charge in [0.2, 0.25) is 0 Å². The minimum atomic E-state index is -0.701. The average Bonchev–Trinajstić information content (AvgIpc) is 2.83. The molecule has 0 bridgehead atoms. The molecule has 0 aliphatic carbocycles. The second kappa shape index (κ2) is 9.90. The molecule has 0 N–H and O–H groups in total. The summed E-state index contributed by atoms with van der Waals surface area (Å²) in [5.74, 6) is -2.04. The third kappa shape index (κ3) is 5.65. The summed E-state index contributed by atoms with van der Waals surface area (Å²) in [5.41, 5.74) is 0.656. The number of aromatic nitrogens is 2. The Kier molecular flexibility index (Phi) is 8.24. The molecule has 136 valence electrons. The van der Waals surface area contributed by atoms with Gasteiger partial charge in [0.15, 0.2) is 5.69 Å². The van der Waals surface area contributed by atoms with E-state index in [0.29, 0.717) is 11.1 Å². The largest absolute Gasteiger partial charge is 0.461 e. The van der Waals surface area contributed by atoms with Crippen molar-refractivity contribution in [1.82, 2.24) is 9.78 Å². The topological polar surface area (TPSA) is 53.3 Å². The van der Waals surface area contributed by atoms with Crippen LogP contribution in [-0.4, -0.2) is 36.6 Å². The SMILES string of the molecule is C=Cc1c(C(=O)OCC)nn(Cc2cc(F)cc(F)c2)c1Cl.COC. The van der Waals surface area contributed by atoms with Crippen molar-refractivity contribution in [2.45, 2.75) is 13.5 Å². The van der Waals surface area contributed by atoms with Gasteiger partial charge in [-0.2, -0.15) is 5.10 Å². The van der Waals surface area contributed by atoms with Crippen LogP contribution >= 0.6 is 11.6 Å². The van der Waals surface area contributed by atoms with Crippen LogP contribution in [0.3, 0.4) is 0 Å². The molecule has 0 saturated carbocycles. The normalized spacial score (nSPS) is 10.0. The van der Waals surface area contributed by atoms with Crippen LogP contribution in [0.1, 0.15) is 28.5 Å². The van der Waals surface area contributed by atoms with Crippen molar-refractivity contribution in [1.29, 1.82) is 0 Å². The Morgan fingerprint density at radius 1 is 1.32 bits per heavy atom. The fourth-order valence-corrected chi connectivity index (χ4v) is 2.23. The van der Waals surface area contributed by atoms with E-state index in [-0.39, 0.29) is 24.0 Å². The zero-order valence-corrected chi connectivity index (χ0v) is 14.9. The van der Waals surface area contributed by atoms with E-state index in [1.165, 1.54) is 22.9 Å². The fourth-order valence-electron chi connectivity index (χ4n) is 1.97. The van der Waals surface area contributed by atoms with E-state index >= 15 is 0 Å². The molecule has 8 heteroatoms. The maximum Gasteiger partial charge on any atom is 0.359 e. The summed E-state index contributed by atoms with van der Waals surface area (Å²) >= 11 is 6.14. The molecular weight excluding hydrogens is 354 g/mol. The van der Waals surface area contributed by atoms with Crippen molar-refractivity contribution >= 4 is 23.6 Å². The van der Waals surface area contributed by atoms with Crippen molar-refractivity contribution in [3.8, 4) is 0 Å². The van der Waals surface area contributed by atoms with Crippen LogP contribution in [0.2, 0.25) is 5.15 Å². The van der Waals surface area contributed by atoms with Crippen LogP contribution in [0.5, 0.6) is 0 Å². The molecule has 0 saturated heterocycles. The van der Waals surface area contributed by atoms with Gasteiger partial charge in [0.1, 0.15) is 16.8 Å². The summed E-state index contributed by atoms with van der Waals surface area (Å²) < 4.78 is 36.8. The Bertz CT molecular complexity index is 727. The van der Waals surface area contributed by atoms with Gasteiger partial charge in [-0.15, -0.1) is 0 Å². The fraction of sp³-hybridized carbons (Fsp3) is 0.294. The van der Waals surface area contributed by atoms with Gasteiger partial charge in [0.25, 0.3) is 0 Å². The molecule has 0 atom stereocenters. The summed E-state index contributed by atoms with van der Waals surface area (Å²) in [4.78, 5) is 11.8. The highest BCUT2D eigenvalue weighted by Crippen LogP contribution is 2.23. The number of rotatable bonds is 5. The van der Waals surface area contributed by atoms with Crippen LogP contribution in [0.4, 0.5) is 8.78 Å². The molecule has 0 aliphatic heterocycles. The van der Waals surface area contributed by atoms with Gasteiger partial charge < -0.3 is 9.47 Å². The van der Waals surface area contributed by atoms with Crippen molar-refractivity contribution in [2.24, 2.45) is 0 Å². The lowest BCUT2D eigenvalue weighted by atomic mass is 10.2. The maximum absolute atomic E-state index is 13.2. The zero-order chi connectivity index (χ0) is 19.0. The van der Waals surface area contributed by atoms with Gasteiger partial charge in [-0.3, -0.25) is 0 Å². The summed E-state index contributed by atoms with van der Waals surface area (Å²) in [6.45, 7) is 5.44. The molecule has 1 aromatic carbocycles. The number of benzene rings is 1. The highest BCUT2D eigenvalue weighted by atomic mass is 35.5. The van der Waals surface area contributed by atoms with E-state index in [9.17, 15) is 13.6 Å². The molecule has 0 spiro atoms. The van der Waals surface area contributed by atoms with Crippen molar-refractivity contribution in [3.05, 3.63) is 58.4 Å². The van der Waals surface area contributed by atoms with Gasteiger partial charge in [-0.05, 0) is 24.6 Å². The number of hydrogen-bond acceptors (Lipinski definition) is 4. The monoisotopic (exact) mass is 372 g/mol. The van der Waals surface area contributed by atoms with E-state index in [2.05, 4.69) is 16.4 Å². The second-order valence-corrected chi connectivity index (χ2v) is 5.18. The van der Waals surface area contributed by atoms with Gasteiger partial charge in [0.05, 0.1) is 13.2 Å². The Morgan fingerprint density at radius 2 is 1.88 bits per heavy atom. The van der Waals surface area contributed by atoms with E-state index in [1.54, 1.807) is 21.1 Å². The first-order valence-electron chi connectivity index (χ1n) is 7.28. The van der Waals surface area contributed by atoms with E-state index in [1.807, 2.05) is 0 Å². The molecule has 1 aromatic heterocycles. The number of carbonyl (C=O) groups excluding carboxylic acids is 1. The van der Waals surface area contributed by atoms with E-state index < -0.39 is 17.6 Å². The van der Waals surface area contributed by atoms with Crippen molar-refractivity contribution in [3.63, 3.8) is 0 Å². The van der Waals surface area contributed by atoms with Crippen molar-refractivity contribution < 1.29 is 23.0 Å². The van der Waals surface area contributed by atoms with Gasteiger partial charge in [-0.25, -0.2) is 18.3 Å². The lowest BCUT2D eigenvalue weighted by molar-refractivity contribution is 0.0518. The lowest BCUT2D eigenvalue weighted by Crippen LogP contribution is -2.09. The van der Waals surface area contributed by atoms with E-state index in [4.69, 9.17) is 16.3 Å². The first kappa shape index (κ1) is 20.8. The highest BCUT2D eigenvalue weighted by molar-refractivity contribution is 6.31. The van der Waals surface area contributed by atoms with Gasteiger partial charge >= 0.3 is 5.97 Å². The maximum atomic E-state index is 13.2. The molecule has 0 aliphatic rings. The highest BCUT2D eigenvalue weighted by Gasteiger charge is 2.21. The summed E-state index contributed by atoms with van der Waals surface area (Å²) in [6.07, 6.45) is 1.38. The number of halogens is 3. The van der Waals surface area contributed by atoms with Gasteiger partial charge in [0, 0.05) is 25.8 Å². The Hall–Kier alpha value is -2.25. The third-order valence-electron chi connectivity index (χ3n) is 2.85. The number of nitrogens with zero attached hydrogens (tertiary/aromatic N) is 2. The number of hydrogen-bond donors (Lipinski definition) is 0. The molecular formula is C17H19ClF2N2O3. The molecule has 2 rings (SSSR count). The molecule has 0 fully saturated rings. The summed E-state index contributed by atoms with van der Waals surface area (Å²) in [5, 5.41) is 4.19. The summed E-state index contributed by atoms with van der Waals surface area (Å²) in [7, 11) is 3.25. The molecule has 2 aromatic rings. The number of ether oxygens (including phenoxy) is 2. The Labute approximate surface area is 149 Å². The minimum absolute atomic E-state index is 0.00770. The number of methoxy groups -OCH3 is 1. The predicted molar refractivity (Wildman–Crippen MR) is 91.7 cm³/mol. The molecule has 0 radical (unpaired) electrons. The smallest absolute Gasteiger partial charge is 0.359 e. The van der Waals surface area contributed by atoms with Crippen LogP contribution in [0, 0.1) is 11.6 Å². The predicted octanol–water partition coefficient (Wildman–Crippen LogP) is 3.95. The Morgan fingerprint density at radius 3 is 2.36 bits per heavy atom. The first-order valence-corrected chi connectivity index (χ1v) is 7.66. The third-order valence-corrected chi connectivity index (χ3v) is 3.25. The number of esters is 1. The summed E-state index contributed by atoms with van der Waals surface area (Å²) in [6, 6.07) is 3.10. The van der Waals surface area contributed by atoms with Crippen LogP contribution < -0.4 is 0 Å². The Balaban J connectivity index is 0.000000970. The van der Waals surface area contributed by atoms with Crippen LogP contribution in [0.15, 0.2) is 24.8 Å². The zero-order valence-electron chi connectivity index (χ0n) is 14.2. The molecule has 0 unspecified atom stereocenters. The quantitative estimate of drug-likeness (QED) is 0.746. The first-order chi connectivity index (χ1) is 11.9. The standard InChI is InChI=1S/C15H13ClF2N2O2.C2H6O/c1-3-12-13(15(21)22-4-2)19-20(14(12)16)8-9-5-10(17)7-11(18)6-9;1-3-2/h3,5-7H,1,4,8H2,2H3;1-2H3. The molecule has 25 heavy (non-hydrogen) atoms. The second-order valence-electron chi connectivity index (χ2n) is 4.82. The van der Waals surface area contributed by atoms with Crippen molar-refractivity contribution in [2.75, 3.05) is 20.8 Å². The molecule has 0 amide bonds. The molecule has 5 nitrogen and oxygen atoms in total. The van der Waals surface area contributed by atoms with Crippen LogP contribution in [0.25, 0.3) is 6.08 Å². The van der Waals surface area contributed by atoms with E-state index in [0.717, 1.165) is 6.07 Å². The van der Waals surface area contributed by atoms with Crippen LogP contribution in [-0.2, 0) is 16.0 Å². The lowest BCUT2D eigenvalue weighted by Gasteiger charge is -2.04. The minimum Gasteiger partial charge on any atom is -0.461 e. The molecule has 1 heterocycles. The van der Waals surface area contributed by atoms with Gasteiger partial charge in [-0.1, -0.05) is 24.3 Å². The number of carbonyl (C=O) groups is 1. The average molecular weight is 373 g/mol.